The Morgan fingerprint density at radius 2 is 1.55 bits per heavy atom. The Morgan fingerprint density at radius 3 is 2.15 bits per heavy atom. The van der Waals surface area contributed by atoms with Gasteiger partial charge in [-0.3, -0.25) is 0 Å². The summed E-state index contributed by atoms with van der Waals surface area (Å²) in [6.07, 6.45) is 0. The second-order valence-electron chi connectivity index (χ2n) is 4.87. The van der Waals surface area contributed by atoms with Gasteiger partial charge < -0.3 is 15.5 Å². The lowest BCUT2D eigenvalue weighted by atomic mass is 10.0. The van der Waals surface area contributed by atoms with Crippen molar-refractivity contribution in [2.24, 2.45) is 0 Å². The zero-order valence-electron chi connectivity index (χ0n) is 11.5. The van der Waals surface area contributed by atoms with Crippen molar-refractivity contribution in [2.45, 2.75) is 25.9 Å². The van der Waals surface area contributed by atoms with Crippen LogP contribution in [0.3, 0.4) is 0 Å². The SMILES string of the molecule is CC(N[C@H](C)c1cccc(F)c1)c1c(O)cccc1O. The third-order valence-electron chi connectivity index (χ3n) is 3.34. The summed E-state index contributed by atoms with van der Waals surface area (Å²) in [5, 5.41) is 22.9. The van der Waals surface area contributed by atoms with Crippen LogP contribution in [0.2, 0.25) is 0 Å². The largest absolute Gasteiger partial charge is 0.507 e. The van der Waals surface area contributed by atoms with Crippen LogP contribution in [0.25, 0.3) is 0 Å². The molecule has 0 radical (unpaired) electrons. The van der Waals surface area contributed by atoms with Gasteiger partial charge in [-0.25, -0.2) is 4.39 Å². The monoisotopic (exact) mass is 275 g/mol. The third-order valence-corrected chi connectivity index (χ3v) is 3.34. The summed E-state index contributed by atoms with van der Waals surface area (Å²) >= 11 is 0. The van der Waals surface area contributed by atoms with Crippen LogP contribution in [0.15, 0.2) is 42.5 Å². The van der Waals surface area contributed by atoms with Crippen LogP contribution in [0.4, 0.5) is 4.39 Å². The molecule has 0 saturated heterocycles. The predicted molar refractivity (Wildman–Crippen MR) is 76.1 cm³/mol. The molecular formula is C16H18FNO2. The van der Waals surface area contributed by atoms with Crippen LogP contribution in [0, 0.1) is 5.82 Å². The van der Waals surface area contributed by atoms with E-state index < -0.39 is 0 Å². The van der Waals surface area contributed by atoms with E-state index >= 15 is 0 Å². The van der Waals surface area contributed by atoms with Crippen molar-refractivity contribution >= 4 is 0 Å². The molecule has 2 aromatic rings. The summed E-state index contributed by atoms with van der Waals surface area (Å²) in [5.74, 6) is -0.206. The van der Waals surface area contributed by atoms with Gasteiger partial charge in [0.15, 0.2) is 0 Å². The maximum absolute atomic E-state index is 13.2. The maximum atomic E-state index is 13.2. The van der Waals surface area contributed by atoms with Gasteiger partial charge in [0, 0.05) is 12.1 Å². The number of hydrogen-bond acceptors (Lipinski definition) is 3. The van der Waals surface area contributed by atoms with Gasteiger partial charge in [0.25, 0.3) is 0 Å². The van der Waals surface area contributed by atoms with Crippen LogP contribution >= 0.6 is 0 Å². The summed E-state index contributed by atoms with van der Waals surface area (Å²) in [6.45, 7) is 3.74. The van der Waals surface area contributed by atoms with Gasteiger partial charge in [-0.2, -0.15) is 0 Å². The van der Waals surface area contributed by atoms with E-state index in [1.165, 1.54) is 24.3 Å². The molecule has 0 aliphatic carbocycles. The highest BCUT2D eigenvalue weighted by atomic mass is 19.1. The van der Waals surface area contributed by atoms with E-state index in [-0.39, 0.29) is 29.4 Å². The molecule has 0 amide bonds. The van der Waals surface area contributed by atoms with Gasteiger partial charge in [0.05, 0.1) is 5.56 Å². The van der Waals surface area contributed by atoms with Crippen molar-refractivity contribution in [3.8, 4) is 11.5 Å². The highest BCUT2D eigenvalue weighted by Crippen LogP contribution is 2.33. The summed E-state index contributed by atoms with van der Waals surface area (Å²) in [5.41, 5.74) is 1.25. The molecule has 2 aromatic carbocycles. The van der Waals surface area contributed by atoms with Crippen molar-refractivity contribution in [3.05, 3.63) is 59.4 Å². The lowest BCUT2D eigenvalue weighted by Gasteiger charge is -2.22. The Labute approximate surface area is 117 Å². The molecule has 0 aliphatic rings. The topological polar surface area (TPSA) is 52.5 Å². The molecule has 2 rings (SSSR count). The summed E-state index contributed by atoms with van der Waals surface area (Å²) in [4.78, 5) is 0. The predicted octanol–water partition coefficient (Wildman–Crippen LogP) is 3.65. The van der Waals surface area contributed by atoms with Gasteiger partial charge in [0.2, 0.25) is 0 Å². The minimum absolute atomic E-state index is 0.0384. The zero-order chi connectivity index (χ0) is 14.7. The standard InChI is InChI=1S/C16H18FNO2/c1-10(12-5-3-6-13(17)9-12)18-11(2)16-14(19)7-4-8-15(16)20/h3-11,18-20H,1-2H3/t10-,11?/m1/s1. The fraction of sp³-hybridized carbons (Fsp3) is 0.250. The molecule has 4 heteroatoms. The summed E-state index contributed by atoms with van der Waals surface area (Å²) in [7, 11) is 0. The number of hydrogen-bond donors (Lipinski definition) is 3. The summed E-state index contributed by atoms with van der Waals surface area (Å²) < 4.78 is 13.2. The number of nitrogens with one attached hydrogen (secondary N) is 1. The average molecular weight is 275 g/mol. The van der Waals surface area contributed by atoms with Crippen LogP contribution in [-0.2, 0) is 0 Å². The van der Waals surface area contributed by atoms with Crippen LogP contribution in [-0.4, -0.2) is 10.2 Å². The minimum atomic E-state index is -0.283. The fourth-order valence-corrected chi connectivity index (χ4v) is 2.32. The molecule has 0 saturated carbocycles. The van der Waals surface area contributed by atoms with Crippen molar-refractivity contribution in [3.63, 3.8) is 0 Å². The zero-order valence-corrected chi connectivity index (χ0v) is 11.5. The van der Waals surface area contributed by atoms with Crippen molar-refractivity contribution in [2.75, 3.05) is 0 Å². The Balaban J connectivity index is 2.17. The van der Waals surface area contributed by atoms with Gasteiger partial charge in [-0.05, 0) is 43.7 Å². The van der Waals surface area contributed by atoms with Crippen molar-refractivity contribution < 1.29 is 14.6 Å². The number of halogens is 1. The molecule has 0 fully saturated rings. The molecule has 3 N–H and O–H groups in total. The lowest BCUT2D eigenvalue weighted by Crippen LogP contribution is -2.22. The first kappa shape index (κ1) is 14.3. The first-order chi connectivity index (χ1) is 9.49. The van der Waals surface area contributed by atoms with Gasteiger partial charge in [-0.15, -0.1) is 0 Å². The van der Waals surface area contributed by atoms with E-state index in [0.717, 1.165) is 5.56 Å². The Kier molecular flexibility index (Phi) is 4.25. The van der Waals surface area contributed by atoms with Crippen LogP contribution in [0.1, 0.15) is 37.1 Å². The highest BCUT2D eigenvalue weighted by molar-refractivity contribution is 5.45. The van der Waals surface area contributed by atoms with E-state index in [2.05, 4.69) is 5.32 Å². The minimum Gasteiger partial charge on any atom is -0.507 e. The Morgan fingerprint density at radius 1 is 0.950 bits per heavy atom. The normalized spacial score (nSPS) is 13.9. The average Bonchev–Trinajstić information content (AvgIpc) is 2.38. The molecule has 106 valence electrons. The van der Waals surface area contributed by atoms with E-state index in [0.29, 0.717) is 5.56 Å². The van der Waals surface area contributed by atoms with Crippen molar-refractivity contribution in [1.29, 1.82) is 0 Å². The molecule has 0 heterocycles. The maximum Gasteiger partial charge on any atom is 0.124 e. The number of rotatable bonds is 4. The molecule has 0 spiro atoms. The van der Waals surface area contributed by atoms with Crippen LogP contribution < -0.4 is 5.32 Å². The highest BCUT2D eigenvalue weighted by Gasteiger charge is 2.17. The molecular weight excluding hydrogens is 257 g/mol. The fourth-order valence-electron chi connectivity index (χ4n) is 2.32. The quantitative estimate of drug-likeness (QED) is 0.798. The molecule has 0 aliphatic heterocycles. The van der Waals surface area contributed by atoms with Crippen molar-refractivity contribution in [1.82, 2.24) is 5.32 Å². The van der Waals surface area contributed by atoms with E-state index in [9.17, 15) is 14.6 Å². The smallest absolute Gasteiger partial charge is 0.124 e. The molecule has 3 nitrogen and oxygen atoms in total. The van der Waals surface area contributed by atoms with E-state index in [1.807, 2.05) is 19.9 Å². The third kappa shape index (κ3) is 3.08. The van der Waals surface area contributed by atoms with E-state index in [4.69, 9.17) is 0 Å². The van der Waals surface area contributed by atoms with Gasteiger partial charge in [-0.1, -0.05) is 18.2 Å². The first-order valence-electron chi connectivity index (χ1n) is 6.51. The second kappa shape index (κ2) is 5.92. The first-order valence-corrected chi connectivity index (χ1v) is 6.51. The molecule has 1 unspecified atom stereocenters. The van der Waals surface area contributed by atoms with Gasteiger partial charge in [0.1, 0.15) is 17.3 Å². The molecule has 20 heavy (non-hydrogen) atoms. The number of phenols is 2. The Hall–Kier alpha value is -2.07. The van der Waals surface area contributed by atoms with Gasteiger partial charge >= 0.3 is 0 Å². The number of benzene rings is 2. The molecule has 0 aromatic heterocycles. The molecule has 2 atom stereocenters. The Bertz CT molecular complexity index is 581. The summed E-state index contributed by atoms with van der Waals surface area (Å²) in [6, 6.07) is 10.6. The lowest BCUT2D eigenvalue weighted by molar-refractivity contribution is 0.407. The van der Waals surface area contributed by atoms with E-state index in [1.54, 1.807) is 12.1 Å². The second-order valence-corrected chi connectivity index (χ2v) is 4.87. The van der Waals surface area contributed by atoms with Crippen LogP contribution in [0.5, 0.6) is 11.5 Å². The number of aromatic hydroxyl groups is 2. The number of phenolic OH excluding ortho intramolecular Hbond substituents is 2. The molecule has 0 bridgehead atoms.